The first-order chi connectivity index (χ1) is 17.5. The Kier molecular flexibility index (Phi) is 5.13. The van der Waals surface area contributed by atoms with Gasteiger partial charge in [0.25, 0.3) is 5.91 Å². The lowest BCUT2D eigenvalue weighted by molar-refractivity contribution is 0.0953. The van der Waals surface area contributed by atoms with Gasteiger partial charge in [-0.3, -0.25) is 9.48 Å². The predicted molar refractivity (Wildman–Crippen MR) is 132 cm³/mol. The van der Waals surface area contributed by atoms with Gasteiger partial charge in [0.15, 0.2) is 11.6 Å². The van der Waals surface area contributed by atoms with Crippen LogP contribution in [0.2, 0.25) is 0 Å². The Morgan fingerprint density at radius 1 is 1.11 bits per heavy atom. The molecule has 5 aromatic heterocycles. The number of fused-ring (bicyclic) bond motifs is 1. The van der Waals surface area contributed by atoms with Crippen LogP contribution in [0.25, 0.3) is 28.4 Å². The van der Waals surface area contributed by atoms with Crippen molar-refractivity contribution in [1.29, 1.82) is 0 Å². The molecule has 0 aromatic carbocycles. The summed E-state index contributed by atoms with van der Waals surface area (Å²) in [6.07, 6.45) is 10.7. The highest BCUT2D eigenvalue weighted by Gasteiger charge is 2.30. The van der Waals surface area contributed by atoms with Gasteiger partial charge in [-0.15, -0.1) is 5.10 Å². The fourth-order valence-electron chi connectivity index (χ4n) is 4.04. The summed E-state index contributed by atoms with van der Waals surface area (Å²) >= 11 is 0. The number of imidazole rings is 1. The van der Waals surface area contributed by atoms with Crippen molar-refractivity contribution in [2.45, 2.75) is 18.9 Å². The van der Waals surface area contributed by atoms with E-state index in [1.54, 1.807) is 47.0 Å². The van der Waals surface area contributed by atoms with E-state index in [1.165, 1.54) is 0 Å². The third kappa shape index (κ3) is 3.91. The third-order valence-electron chi connectivity index (χ3n) is 6.00. The summed E-state index contributed by atoms with van der Waals surface area (Å²) in [7, 11) is 5.30. The summed E-state index contributed by atoms with van der Waals surface area (Å²) < 4.78 is 10.5. The van der Waals surface area contributed by atoms with Crippen molar-refractivity contribution in [1.82, 2.24) is 44.2 Å². The quantitative estimate of drug-likeness (QED) is 0.361. The molecule has 5 aromatic rings. The second-order valence-electron chi connectivity index (χ2n) is 8.69. The molecule has 0 aliphatic heterocycles. The molecule has 0 unspecified atom stereocenters. The maximum Gasteiger partial charge on any atom is 0.254 e. The first kappa shape index (κ1) is 21.8. The molecule has 5 heterocycles. The molecule has 0 radical (unpaired) electrons. The van der Waals surface area contributed by atoms with E-state index in [0.29, 0.717) is 51.4 Å². The van der Waals surface area contributed by atoms with E-state index in [1.807, 2.05) is 37.1 Å². The Morgan fingerprint density at radius 3 is 2.67 bits per heavy atom. The number of amides is 1. The molecule has 2 N–H and O–H groups in total. The summed E-state index contributed by atoms with van der Waals surface area (Å²) in [6, 6.07) is 5.55. The molecule has 1 aliphatic carbocycles. The van der Waals surface area contributed by atoms with Crippen LogP contribution in [0.4, 0.5) is 11.6 Å². The summed E-state index contributed by atoms with van der Waals surface area (Å²) in [6.45, 7) is 0. The molecule has 0 atom stereocenters. The molecule has 12 heteroatoms. The highest BCUT2D eigenvalue weighted by molar-refractivity contribution is 6.10. The molecule has 0 saturated heterocycles. The van der Waals surface area contributed by atoms with Crippen LogP contribution in [0.3, 0.4) is 0 Å². The number of nitrogens with zero attached hydrogens (tertiary/aromatic N) is 8. The Hall–Kier alpha value is -4.74. The van der Waals surface area contributed by atoms with Gasteiger partial charge in [0.05, 0.1) is 18.4 Å². The van der Waals surface area contributed by atoms with E-state index >= 15 is 0 Å². The summed E-state index contributed by atoms with van der Waals surface area (Å²) in [4.78, 5) is 27.2. The van der Waals surface area contributed by atoms with Gasteiger partial charge in [-0.2, -0.15) is 5.10 Å². The molecule has 1 aliphatic rings. The molecule has 1 fully saturated rings. The van der Waals surface area contributed by atoms with Crippen molar-refractivity contribution in [2.75, 3.05) is 12.4 Å². The highest BCUT2D eigenvalue weighted by atomic mass is 16.5. The summed E-state index contributed by atoms with van der Waals surface area (Å²) in [5.41, 5.74) is 2.27. The highest BCUT2D eigenvalue weighted by Crippen LogP contribution is 2.34. The van der Waals surface area contributed by atoms with Crippen molar-refractivity contribution in [2.24, 2.45) is 14.1 Å². The van der Waals surface area contributed by atoms with Gasteiger partial charge >= 0.3 is 0 Å². The average Bonchev–Trinajstić information content (AvgIpc) is 3.23. The van der Waals surface area contributed by atoms with Crippen molar-refractivity contribution in [3.8, 4) is 28.7 Å². The molecule has 1 saturated carbocycles. The number of aromatic nitrogens is 8. The Bertz CT molecular complexity index is 1590. The molecule has 1 amide bonds. The van der Waals surface area contributed by atoms with Crippen LogP contribution < -0.4 is 15.4 Å². The predicted octanol–water partition coefficient (Wildman–Crippen LogP) is 2.57. The van der Waals surface area contributed by atoms with Crippen LogP contribution in [0.1, 0.15) is 23.2 Å². The number of hydrogen-bond acceptors (Lipinski definition) is 8. The maximum absolute atomic E-state index is 13.5. The topological polar surface area (TPSA) is 129 Å². The van der Waals surface area contributed by atoms with Gasteiger partial charge in [-0.05, 0) is 25.0 Å². The Balaban J connectivity index is 1.60. The van der Waals surface area contributed by atoms with E-state index in [9.17, 15) is 4.79 Å². The summed E-state index contributed by atoms with van der Waals surface area (Å²) in [5.74, 6) is 2.32. The zero-order valence-electron chi connectivity index (χ0n) is 20.0. The number of anilines is 2. The molecule has 12 nitrogen and oxygen atoms in total. The zero-order valence-corrected chi connectivity index (χ0v) is 20.0. The summed E-state index contributed by atoms with van der Waals surface area (Å²) in [5, 5.41) is 15.6. The van der Waals surface area contributed by atoms with Gasteiger partial charge in [0.1, 0.15) is 17.1 Å². The number of ether oxygens (including phenoxy) is 1. The van der Waals surface area contributed by atoms with E-state index < -0.39 is 0 Å². The lowest BCUT2D eigenvalue weighted by Gasteiger charge is -2.12. The van der Waals surface area contributed by atoms with Crippen molar-refractivity contribution in [3.05, 3.63) is 54.7 Å². The number of methoxy groups -OCH3 is 1. The monoisotopic (exact) mass is 484 g/mol. The average molecular weight is 485 g/mol. The minimum absolute atomic E-state index is 0.174. The van der Waals surface area contributed by atoms with E-state index in [-0.39, 0.29) is 11.9 Å². The molecular formula is C24H24N10O2. The van der Waals surface area contributed by atoms with Gasteiger partial charge in [-0.1, -0.05) is 0 Å². The van der Waals surface area contributed by atoms with E-state index in [0.717, 1.165) is 12.8 Å². The second-order valence-corrected chi connectivity index (χ2v) is 8.69. The van der Waals surface area contributed by atoms with Crippen LogP contribution in [-0.4, -0.2) is 58.0 Å². The van der Waals surface area contributed by atoms with Crippen molar-refractivity contribution < 1.29 is 9.53 Å². The van der Waals surface area contributed by atoms with Gasteiger partial charge in [0, 0.05) is 62.8 Å². The smallest absolute Gasteiger partial charge is 0.254 e. The minimum atomic E-state index is -0.198. The standard InChI is InChI=1S/C24H24N10O2/c1-32-11-9-26-23(32)22-29-21(28-18-12-15(36-3)6-8-25-18)20-19(24(35)27-14-4-5-14)16(13-34(20)31-22)17-7-10-33(2)30-17/h6-14H,4-5H2,1-3H3,(H,27,35)(H,25,28,29,31). The second kappa shape index (κ2) is 8.48. The maximum atomic E-state index is 13.5. The van der Waals surface area contributed by atoms with Gasteiger partial charge < -0.3 is 19.9 Å². The number of aryl methyl sites for hydroxylation is 2. The minimum Gasteiger partial charge on any atom is -0.497 e. The third-order valence-corrected chi connectivity index (χ3v) is 6.00. The van der Waals surface area contributed by atoms with Crippen molar-refractivity contribution in [3.63, 3.8) is 0 Å². The lowest BCUT2D eigenvalue weighted by Crippen LogP contribution is -2.26. The largest absolute Gasteiger partial charge is 0.497 e. The number of nitrogens with one attached hydrogen (secondary N) is 2. The SMILES string of the molecule is COc1ccnc(Nc2nc(-c3nccn3C)nn3cc(-c4ccn(C)n4)c(C(=O)NC4CC4)c23)c1. The molecule has 6 rings (SSSR count). The fraction of sp³-hybridized carbons (Fsp3) is 0.250. The molecule has 182 valence electrons. The number of hydrogen-bond donors (Lipinski definition) is 2. The molecule has 0 spiro atoms. The lowest BCUT2D eigenvalue weighted by atomic mass is 10.1. The first-order valence-corrected chi connectivity index (χ1v) is 11.5. The van der Waals surface area contributed by atoms with E-state index in [4.69, 9.17) is 14.8 Å². The van der Waals surface area contributed by atoms with Crippen molar-refractivity contribution >= 4 is 23.1 Å². The van der Waals surface area contributed by atoms with Gasteiger partial charge in [0.2, 0.25) is 5.82 Å². The number of carbonyl (C=O) groups is 1. The zero-order chi connectivity index (χ0) is 24.8. The van der Waals surface area contributed by atoms with Crippen LogP contribution in [-0.2, 0) is 14.1 Å². The van der Waals surface area contributed by atoms with Crippen LogP contribution >= 0.6 is 0 Å². The number of pyridine rings is 1. The first-order valence-electron chi connectivity index (χ1n) is 11.5. The van der Waals surface area contributed by atoms with E-state index in [2.05, 4.69) is 25.7 Å². The normalized spacial score (nSPS) is 13.2. The van der Waals surface area contributed by atoms with Crippen LogP contribution in [0.15, 0.2) is 49.2 Å². The van der Waals surface area contributed by atoms with Crippen LogP contribution in [0.5, 0.6) is 5.75 Å². The number of rotatable bonds is 7. The Labute approximate surface area is 206 Å². The fourth-order valence-corrected chi connectivity index (χ4v) is 4.04. The Morgan fingerprint density at radius 2 is 1.97 bits per heavy atom. The van der Waals surface area contributed by atoms with Gasteiger partial charge in [-0.25, -0.2) is 19.5 Å². The molecule has 36 heavy (non-hydrogen) atoms. The molecular weight excluding hydrogens is 460 g/mol. The molecule has 0 bridgehead atoms. The van der Waals surface area contributed by atoms with Crippen LogP contribution in [0, 0.1) is 0 Å². The number of carbonyl (C=O) groups excluding carboxylic acids is 1.